The number of oxazole rings is 1. The smallest absolute Gasteiger partial charge is 0.194 e. The molecule has 1 aliphatic heterocycles. The Labute approximate surface area is 109 Å². The van der Waals surface area contributed by atoms with Gasteiger partial charge in [-0.25, -0.2) is 4.98 Å². The summed E-state index contributed by atoms with van der Waals surface area (Å²) >= 11 is 0. The van der Waals surface area contributed by atoms with Gasteiger partial charge in [0.15, 0.2) is 5.89 Å². The maximum atomic E-state index is 9.09. The highest BCUT2D eigenvalue weighted by atomic mass is 16.4. The summed E-state index contributed by atoms with van der Waals surface area (Å²) in [6.07, 6.45) is 5.23. The van der Waals surface area contributed by atoms with Crippen molar-refractivity contribution in [3.8, 4) is 0 Å². The molecule has 2 unspecified atom stereocenters. The zero-order valence-corrected chi connectivity index (χ0v) is 11.4. The van der Waals surface area contributed by atoms with Crippen LogP contribution in [0.2, 0.25) is 0 Å². The lowest BCUT2D eigenvalue weighted by atomic mass is 9.95. The molecule has 2 atom stereocenters. The fourth-order valence-electron chi connectivity index (χ4n) is 2.59. The van der Waals surface area contributed by atoms with E-state index in [0.717, 1.165) is 31.2 Å². The molecule has 4 nitrogen and oxygen atoms in total. The molecule has 1 aliphatic rings. The molecule has 0 bridgehead atoms. The van der Waals surface area contributed by atoms with E-state index in [1.807, 2.05) is 6.92 Å². The van der Waals surface area contributed by atoms with E-state index in [9.17, 15) is 0 Å². The predicted octanol–water partition coefficient (Wildman–Crippen LogP) is 2.04. The van der Waals surface area contributed by atoms with Crippen molar-refractivity contribution in [1.82, 2.24) is 9.88 Å². The minimum Gasteiger partial charge on any atom is -0.445 e. The lowest BCUT2D eigenvalue weighted by molar-refractivity contribution is 0.175. The standard InChI is InChI=1S/C14H24N2O2/c1-3-16-6-4-5-12(9-16)7-14-15-8-13(18-14)11(2)10-17/h8,11-12,17H,3-7,9-10H2,1-2H3. The first-order valence-corrected chi connectivity index (χ1v) is 7.00. The van der Waals surface area contributed by atoms with Crippen LogP contribution >= 0.6 is 0 Å². The first kappa shape index (κ1) is 13.6. The number of aromatic nitrogens is 1. The zero-order valence-electron chi connectivity index (χ0n) is 11.4. The molecule has 0 aliphatic carbocycles. The summed E-state index contributed by atoms with van der Waals surface area (Å²) < 4.78 is 5.72. The second-order valence-electron chi connectivity index (χ2n) is 5.35. The summed E-state index contributed by atoms with van der Waals surface area (Å²) in [7, 11) is 0. The van der Waals surface area contributed by atoms with E-state index in [4.69, 9.17) is 9.52 Å². The number of aliphatic hydroxyl groups is 1. The maximum absolute atomic E-state index is 9.09. The van der Waals surface area contributed by atoms with E-state index in [1.165, 1.54) is 19.4 Å². The van der Waals surface area contributed by atoms with Gasteiger partial charge in [0.1, 0.15) is 5.76 Å². The van der Waals surface area contributed by atoms with Crippen LogP contribution in [-0.2, 0) is 6.42 Å². The van der Waals surface area contributed by atoms with Gasteiger partial charge in [0.25, 0.3) is 0 Å². The second-order valence-corrected chi connectivity index (χ2v) is 5.35. The highest BCUT2D eigenvalue weighted by Crippen LogP contribution is 2.22. The number of rotatable bonds is 5. The minimum absolute atomic E-state index is 0.0461. The third-order valence-corrected chi connectivity index (χ3v) is 3.84. The Hall–Kier alpha value is -0.870. The van der Waals surface area contributed by atoms with Gasteiger partial charge in [-0.2, -0.15) is 0 Å². The molecule has 102 valence electrons. The van der Waals surface area contributed by atoms with Crippen LogP contribution in [0.5, 0.6) is 0 Å². The van der Waals surface area contributed by atoms with E-state index in [-0.39, 0.29) is 12.5 Å². The molecule has 1 fully saturated rings. The Morgan fingerprint density at radius 2 is 2.44 bits per heavy atom. The molecule has 1 N–H and O–H groups in total. The van der Waals surface area contributed by atoms with Crippen LogP contribution in [0.1, 0.15) is 44.3 Å². The molecule has 1 saturated heterocycles. The number of hydrogen-bond donors (Lipinski definition) is 1. The number of nitrogens with zero attached hydrogens (tertiary/aromatic N) is 2. The number of hydrogen-bond acceptors (Lipinski definition) is 4. The fourth-order valence-corrected chi connectivity index (χ4v) is 2.59. The minimum atomic E-state index is 0.0461. The van der Waals surface area contributed by atoms with Gasteiger partial charge >= 0.3 is 0 Å². The Kier molecular flexibility index (Phi) is 4.78. The Morgan fingerprint density at radius 3 is 3.17 bits per heavy atom. The van der Waals surface area contributed by atoms with Gasteiger partial charge in [0.05, 0.1) is 12.8 Å². The van der Waals surface area contributed by atoms with Gasteiger partial charge in [-0.05, 0) is 31.8 Å². The normalized spacial score (nSPS) is 23.2. The first-order chi connectivity index (χ1) is 8.72. The average molecular weight is 252 g/mol. The van der Waals surface area contributed by atoms with Gasteiger partial charge in [0, 0.05) is 18.9 Å². The molecular weight excluding hydrogens is 228 g/mol. The van der Waals surface area contributed by atoms with Crippen molar-refractivity contribution < 1.29 is 9.52 Å². The first-order valence-electron chi connectivity index (χ1n) is 7.00. The molecule has 1 aromatic heterocycles. The zero-order chi connectivity index (χ0) is 13.0. The topological polar surface area (TPSA) is 49.5 Å². The largest absolute Gasteiger partial charge is 0.445 e. The van der Waals surface area contributed by atoms with E-state index in [2.05, 4.69) is 16.8 Å². The number of piperidine rings is 1. The van der Waals surface area contributed by atoms with Crippen LogP contribution in [0.3, 0.4) is 0 Å². The number of likely N-dealkylation sites (tertiary alicyclic amines) is 1. The highest BCUT2D eigenvalue weighted by Gasteiger charge is 2.21. The van der Waals surface area contributed by atoms with Gasteiger partial charge in [-0.1, -0.05) is 13.8 Å². The van der Waals surface area contributed by atoms with E-state index in [1.54, 1.807) is 6.20 Å². The van der Waals surface area contributed by atoms with Crippen LogP contribution in [0, 0.1) is 5.92 Å². The summed E-state index contributed by atoms with van der Waals surface area (Å²) in [5, 5.41) is 9.09. The van der Waals surface area contributed by atoms with Crippen molar-refractivity contribution in [2.24, 2.45) is 5.92 Å². The molecule has 2 rings (SSSR count). The third kappa shape index (κ3) is 3.33. The molecule has 0 radical (unpaired) electrons. The van der Waals surface area contributed by atoms with E-state index >= 15 is 0 Å². The van der Waals surface area contributed by atoms with Gasteiger partial charge in [-0.15, -0.1) is 0 Å². The fraction of sp³-hybridized carbons (Fsp3) is 0.786. The Morgan fingerprint density at radius 1 is 1.61 bits per heavy atom. The molecule has 0 spiro atoms. The summed E-state index contributed by atoms with van der Waals surface area (Å²) in [5.41, 5.74) is 0. The van der Waals surface area contributed by atoms with Crippen molar-refractivity contribution in [3.05, 3.63) is 17.8 Å². The lowest BCUT2D eigenvalue weighted by Gasteiger charge is -2.31. The van der Waals surface area contributed by atoms with Crippen molar-refractivity contribution in [2.45, 2.75) is 39.0 Å². The van der Waals surface area contributed by atoms with Crippen LogP contribution in [0.15, 0.2) is 10.6 Å². The quantitative estimate of drug-likeness (QED) is 0.871. The van der Waals surface area contributed by atoms with Gasteiger partial charge in [0.2, 0.25) is 0 Å². The Bertz CT molecular complexity index is 364. The summed E-state index contributed by atoms with van der Waals surface area (Å²) in [5.74, 6) is 2.34. The van der Waals surface area contributed by atoms with E-state index < -0.39 is 0 Å². The predicted molar refractivity (Wildman–Crippen MR) is 70.5 cm³/mol. The molecule has 4 heteroatoms. The SMILES string of the molecule is CCN1CCCC(Cc2ncc(C(C)CO)o2)C1. The summed E-state index contributed by atoms with van der Waals surface area (Å²) in [6.45, 7) is 7.80. The average Bonchev–Trinajstić information content (AvgIpc) is 2.86. The van der Waals surface area contributed by atoms with Gasteiger partial charge < -0.3 is 14.4 Å². The molecule has 0 amide bonds. The van der Waals surface area contributed by atoms with Crippen molar-refractivity contribution in [1.29, 1.82) is 0 Å². The number of aliphatic hydroxyl groups excluding tert-OH is 1. The Balaban J connectivity index is 1.90. The lowest BCUT2D eigenvalue weighted by Crippen LogP contribution is -2.35. The van der Waals surface area contributed by atoms with Crippen molar-refractivity contribution >= 4 is 0 Å². The van der Waals surface area contributed by atoms with Crippen LogP contribution in [0.25, 0.3) is 0 Å². The summed E-state index contributed by atoms with van der Waals surface area (Å²) in [6, 6.07) is 0. The second kappa shape index (κ2) is 6.34. The molecule has 0 saturated carbocycles. The maximum Gasteiger partial charge on any atom is 0.194 e. The van der Waals surface area contributed by atoms with Crippen LogP contribution < -0.4 is 0 Å². The van der Waals surface area contributed by atoms with Crippen LogP contribution in [0.4, 0.5) is 0 Å². The molecule has 2 heterocycles. The van der Waals surface area contributed by atoms with Crippen molar-refractivity contribution in [3.63, 3.8) is 0 Å². The molecular formula is C14H24N2O2. The van der Waals surface area contributed by atoms with Crippen LogP contribution in [-0.4, -0.2) is 41.2 Å². The monoisotopic (exact) mass is 252 g/mol. The third-order valence-electron chi connectivity index (χ3n) is 3.84. The van der Waals surface area contributed by atoms with Crippen molar-refractivity contribution in [2.75, 3.05) is 26.2 Å². The summed E-state index contributed by atoms with van der Waals surface area (Å²) in [4.78, 5) is 6.83. The highest BCUT2D eigenvalue weighted by molar-refractivity contribution is 5.01. The molecule has 1 aromatic rings. The van der Waals surface area contributed by atoms with E-state index in [0.29, 0.717) is 5.92 Å². The molecule has 18 heavy (non-hydrogen) atoms. The molecule has 0 aromatic carbocycles. The van der Waals surface area contributed by atoms with Gasteiger partial charge in [-0.3, -0.25) is 0 Å².